The number of benzene rings is 1. The standard InChI is InChI=1S/C18H26N2O/c1-4-12-19(3)18(21)17(16-10-6-5-7-11-16)20-13-8-9-15(2)14-20/h4-7,10-11,15,17H,1,8-9,12-14H2,2-3H3/t15-,17+/m0/s1. The fourth-order valence-corrected chi connectivity index (χ4v) is 3.10. The summed E-state index contributed by atoms with van der Waals surface area (Å²) in [5, 5.41) is 0. The van der Waals surface area contributed by atoms with E-state index in [1.807, 2.05) is 25.2 Å². The van der Waals surface area contributed by atoms with Gasteiger partial charge >= 0.3 is 0 Å². The third kappa shape index (κ3) is 3.94. The molecule has 21 heavy (non-hydrogen) atoms. The molecule has 0 bridgehead atoms. The minimum atomic E-state index is -0.168. The van der Waals surface area contributed by atoms with Crippen molar-refractivity contribution < 1.29 is 4.79 Å². The van der Waals surface area contributed by atoms with E-state index in [0.717, 1.165) is 18.7 Å². The SMILES string of the molecule is C=CCN(C)C(=O)[C@@H](c1ccccc1)N1CCC[C@H](C)C1. The van der Waals surface area contributed by atoms with Gasteiger partial charge in [-0.25, -0.2) is 0 Å². The van der Waals surface area contributed by atoms with Crippen molar-refractivity contribution >= 4 is 5.91 Å². The Morgan fingerprint density at radius 1 is 1.48 bits per heavy atom. The van der Waals surface area contributed by atoms with E-state index in [0.29, 0.717) is 12.5 Å². The molecule has 0 aliphatic carbocycles. The summed E-state index contributed by atoms with van der Waals surface area (Å²) in [5.41, 5.74) is 1.09. The van der Waals surface area contributed by atoms with Crippen LogP contribution in [0.4, 0.5) is 0 Å². The van der Waals surface area contributed by atoms with Gasteiger partial charge in [-0.15, -0.1) is 6.58 Å². The van der Waals surface area contributed by atoms with Gasteiger partial charge in [0.1, 0.15) is 6.04 Å². The molecule has 0 aromatic heterocycles. The van der Waals surface area contributed by atoms with Crippen LogP contribution < -0.4 is 0 Å². The summed E-state index contributed by atoms with van der Waals surface area (Å²) in [6.07, 6.45) is 4.20. The molecule has 3 nitrogen and oxygen atoms in total. The van der Waals surface area contributed by atoms with Crippen LogP contribution in [0.3, 0.4) is 0 Å². The van der Waals surface area contributed by atoms with Gasteiger partial charge in [-0.05, 0) is 30.9 Å². The number of hydrogen-bond acceptors (Lipinski definition) is 2. The maximum Gasteiger partial charge on any atom is 0.244 e. The van der Waals surface area contributed by atoms with Gasteiger partial charge in [0.05, 0.1) is 0 Å². The zero-order valence-electron chi connectivity index (χ0n) is 13.2. The van der Waals surface area contributed by atoms with Gasteiger partial charge in [0, 0.05) is 20.1 Å². The second-order valence-corrected chi connectivity index (χ2v) is 6.06. The molecular formula is C18H26N2O. The lowest BCUT2D eigenvalue weighted by Gasteiger charge is -2.38. The summed E-state index contributed by atoms with van der Waals surface area (Å²) < 4.78 is 0. The molecule has 2 atom stereocenters. The third-order valence-electron chi connectivity index (χ3n) is 4.18. The lowest BCUT2D eigenvalue weighted by Crippen LogP contribution is -2.45. The quantitative estimate of drug-likeness (QED) is 0.777. The second kappa shape index (κ2) is 7.41. The largest absolute Gasteiger partial charge is 0.340 e. The van der Waals surface area contributed by atoms with Gasteiger partial charge in [0.2, 0.25) is 5.91 Å². The number of amides is 1. The van der Waals surface area contributed by atoms with Crippen LogP contribution in [-0.4, -0.2) is 42.4 Å². The minimum Gasteiger partial charge on any atom is -0.340 e. The fourth-order valence-electron chi connectivity index (χ4n) is 3.10. The molecule has 1 amide bonds. The molecule has 0 radical (unpaired) electrons. The highest BCUT2D eigenvalue weighted by Crippen LogP contribution is 2.28. The Morgan fingerprint density at radius 2 is 2.19 bits per heavy atom. The van der Waals surface area contributed by atoms with Crippen LogP contribution in [0.1, 0.15) is 31.4 Å². The number of carbonyl (C=O) groups is 1. The van der Waals surface area contributed by atoms with Crippen molar-refractivity contribution in [3.05, 3.63) is 48.6 Å². The minimum absolute atomic E-state index is 0.162. The summed E-state index contributed by atoms with van der Waals surface area (Å²) in [6, 6.07) is 9.97. The number of rotatable bonds is 5. The Bertz CT molecular complexity index is 471. The molecule has 1 aliphatic heterocycles. The number of likely N-dealkylation sites (N-methyl/N-ethyl adjacent to an activating group) is 1. The van der Waals surface area contributed by atoms with E-state index in [4.69, 9.17) is 0 Å². The molecule has 1 aliphatic rings. The van der Waals surface area contributed by atoms with Crippen LogP contribution in [0, 0.1) is 5.92 Å². The molecule has 1 saturated heterocycles. The maximum absolute atomic E-state index is 12.9. The molecule has 1 aromatic carbocycles. The average Bonchev–Trinajstić information content (AvgIpc) is 2.49. The van der Waals surface area contributed by atoms with E-state index in [9.17, 15) is 4.79 Å². The first kappa shape index (κ1) is 15.8. The highest BCUT2D eigenvalue weighted by Gasteiger charge is 2.31. The molecule has 0 saturated carbocycles. The number of likely N-dealkylation sites (tertiary alicyclic amines) is 1. The fraction of sp³-hybridized carbons (Fsp3) is 0.500. The molecule has 2 rings (SSSR count). The molecule has 0 spiro atoms. The third-order valence-corrected chi connectivity index (χ3v) is 4.18. The van der Waals surface area contributed by atoms with Crippen LogP contribution in [0.2, 0.25) is 0 Å². The van der Waals surface area contributed by atoms with Gasteiger partial charge < -0.3 is 4.90 Å². The van der Waals surface area contributed by atoms with Crippen molar-refractivity contribution in [2.45, 2.75) is 25.8 Å². The highest BCUT2D eigenvalue weighted by atomic mass is 16.2. The van der Waals surface area contributed by atoms with Gasteiger partial charge in [-0.2, -0.15) is 0 Å². The highest BCUT2D eigenvalue weighted by molar-refractivity contribution is 5.83. The van der Waals surface area contributed by atoms with Crippen LogP contribution in [0.15, 0.2) is 43.0 Å². The Labute approximate surface area is 128 Å². The monoisotopic (exact) mass is 286 g/mol. The molecule has 3 heteroatoms. The van der Waals surface area contributed by atoms with Crippen molar-refractivity contribution in [2.24, 2.45) is 5.92 Å². The van der Waals surface area contributed by atoms with Gasteiger partial charge in [-0.1, -0.05) is 43.3 Å². The van der Waals surface area contributed by atoms with E-state index in [1.54, 1.807) is 11.0 Å². The molecule has 1 heterocycles. The summed E-state index contributed by atoms with van der Waals surface area (Å²) in [6.45, 7) is 8.58. The van der Waals surface area contributed by atoms with Crippen molar-refractivity contribution in [3.63, 3.8) is 0 Å². The summed E-state index contributed by atoms with van der Waals surface area (Å²) in [7, 11) is 1.85. The predicted molar refractivity (Wildman–Crippen MR) is 87.0 cm³/mol. The molecule has 1 aromatic rings. The van der Waals surface area contributed by atoms with E-state index in [-0.39, 0.29) is 11.9 Å². The molecule has 0 unspecified atom stereocenters. The number of nitrogens with zero attached hydrogens (tertiary/aromatic N) is 2. The van der Waals surface area contributed by atoms with E-state index in [2.05, 4.69) is 30.5 Å². The first-order chi connectivity index (χ1) is 10.1. The van der Waals surface area contributed by atoms with Crippen LogP contribution in [0.5, 0.6) is 0 Å². The van der Waals surface area contributed by atoms with Crippen molar-refractivity contribution in [1.29, 1.82) is 0 Å². The Hall–Kier alpha value is -1.61. The maximum atomic E-state index is 12.9. The molecule has 0 N–H and O–H groups in total. The summed E-state index contributed by atoms with van der Waals surface area (Å²) >= 11 is 0. The Kier molecular flexibility index (Phi) is 5.57. The van der Waals surface area contributed by atoms with Crippen molar-refractivity contribution in [1.82, 2.24) is 9.80 Å². The lowest BCUT2D eigenvalue weighted by atomic mass is 9.95. The van der Waals surface area contributed by atoms with Gasteiger partial charge in [0.15, 0.2) is 0 Å². The lowest BCUT2D eigenvalue weighted by molar-refractivity contribution is -0.136. The normalized spacial score (nSPS) is 20.8. The number of carbonyl (C=O) groups excluding carboxylic acids is 1. The van der Waals surface area contributed by atoms with E-state index in [1.165, 1.54) is 12.8 Å². The van der Waals surface area contributed by atoms with Crippen molar-refractivity contribution in [3.8, 4) is 0 Å². The van der Waals surface area contributed by atoms with E-state index >= 15 is 0 Å². The van der Waals surface area contributed by atoms with Crippen LogP contribution in [-0.2, 0) is 4.79 Å². The zero-order valence-corrected chi connectivity index (χ0v) is 13.2. The van der Waals surface area contributed by atoms with Crippen LogP contribution >= 0.6 is 0 Å². The zero-order chi connectivity index (χ0) is 15.2. The summed E-state index contributed by atoms with van der Waals surface area (Å²) in [5.74, 6) is 0.817. The van der Waals surface area contributed by atoms with E-state index < -0.39 is 0 Å². The Balaban J connectivity index is 2.26. The molecule has 1 fully saturated rings. The first-order valence-electron chi connectivity index (χ1n) is 7.78. The number of hydrogen-bond donors (Lipinski definition) is 0. The summed E-state index contributed by atoms with van der Waals surface area (Å²) in [4.78, 5) is 17.0. The molecule has 114 valence electrons. The first-order valence-corrected chi connectivity index (χ1v) is 7.78. The smallest absolute Gasteiger partial charge is 0.244 e. The molecular weight excluding hydrogens is 260 g/mol. The van der Waals surface area contributed by atoms with Crippen molar-refractivity contribution in [2.75, 3.05) is 26.7 Å². The topological polar surface area (TPSA) is 23.6 Å². The van der Waals surface area contributed by atoms with Crippen LogP contribution in [0.25, 0.3) is 0 Å². The average molecular weight is 286 g/mol. The Morgan fingerprint density at radius 3 is 2.81 bits per heavy atom. The van der Waals surface area contributed by atoms with Gasteiger partial charge in [0.25, 0.3) is 0 Å². The number of piperidine rings is 1. The van der Waals surface area contributed by atoms with Gasteiger partial charge in [-0.3, -0.25) is 9.69 Å². The second-order valence-electron chi connectivity index (χ2n) is 6.06. The predicted octanol–water partition coefficient (Wildman–Crippen LogP) is 3.10.